The van der Waals surface area contributed by atoms with Crippen molar-refractivity contribution in [3.8, 4) is 0 Å². The average molecular weight is 347 g/mol. The van der Waals surface area contributed by atoms with Gasteiger partial charge in [-0.15, -0.1) is 0 Å². The van der Waals surface area contributed by atoms with Crippen LogP contribution in [0.3, 0.4) is 0 Å². The van der Waals surface area contributed by atoms with Crippen molar-refractivity contribution >= 4 is 27.5 Å². The number of hydrogen-bond acceptors (Lipinski definition) is 1. The van der Waals surface area contributed by atoms with Crippen LogP contribution in [-0.4, -0.2) is 0 Å². The molecule has 2 aromatic carbocycles. The average Bonchev–Trinajstić information content (AvgIpc) is 2.36. The molecule has 0 amide bonds. The van der Waals surface area contributed by atoms with Gasteiger partial charge in [0.25, 0.3) is 0 Å². The van der Waals surface area contributed by atoms with Gasteiger partial charge in [0.15, 0.2) is 0 Å². The first-order chi connectivity index (χ1) is 9.06. The zero-order chi connectivity index (χ0) is 13.8. The lowest BCUT2D eigenvalue weighted by atomic mass is 10.2. The third-order valence-electron chi connectivity index (χ3n) is 2.65. The summed E-state index contributed by atoms with van der Waals surface area (Å²) in [6.07, 6.45) is 0. The molecule has 19 heavy (non-hydrogen) atoms. The van der Waals surface area contributed by atoms with Gasteiger partial charge in [-0.2, -0.15) is 0 Å². The van der Waals surface area contributed by atoms with Crippen molar-refractivity contribution in [2.75, 3.05) is 0 Å². The Kier molecular flexibility index (Phi) is 4.91. The molecule has 100 valence electrons. The summed E-state index contributed by atoms with van der Waals surface area (Å²) in [5.74, 6) is -1.12. The fourth-order valence-corrected chi connectivity index (χ4v) is 2.27. The molecule has 0 aliphatic heterocycles. The first kappa shape index (κ1) is 14.4. The van der Waals surface area contributed by atoms with Crippen LogP contribution in [-0.2, 0) is 13.1 Å². The van der Waals surface area contributed by atoms with Crippen LogP contribution in [0.2, 0.25) is 5.02 Å². The minimum atomic E-state index is -0.573. The number of halogens is 4. The van der Waals surface area contributed by atoms with Crippen molar-refractivity contribution in [1.82, 2.24) is 5.32 Å². The molecule has 0 unspecified atom stereocenters. The summed E-state index contributed by atoms with van der Waals surface area (Å²) in [5.41, 5.74) is 1.34. The molecule has 0 fully saturated rings. The van der Waals surface area contributed by atoms with Crippen LogP contribution >= 0.6 is 27.5 Å². The molecular weight excluding hydrogens is 336 g/mol. The molecule has 0 aromatic heterocycles. The van der Waals surface area contributed by atoms with Crippen LogP contribution in [0.15, 0.2) is 40.9 Å². The predicted molar refractivity (Wildman–Crippen MR) is 76.1 cm³/mol. The highest BCUT2D eigenvalue weighted by Crippen LogP contribution is 2.21. The molecule has 2 aromatic rings. The SMILES string of the molecule is Fc1ccc(CNCc2cc(Br)ccc2Cl)c(F)c1. The van der Waals surface area contributed by atoms with E-state index in [1.807, 2.05) is 12.1 Å². The van der Waals surface area contributed by atoms with Gasteiger partial charge in [-0.3, -0.25) is 0 Å². The topological polar surface area (TPSA) is 12.0 Å². The highest BCUT2D eigenvalue weighted by atomic mass is 79.9. The first-order valence-electron chi connectivity index (χ1n) is 5.65. The number of rotatable bonds is 4. The zero-order valence-electron chi connectivity index (χ0n) is 9.89. The van der Waals surface area contributed by atoms with Gasteiger partial charge in [-0.1, -0.05) is 33.6 Å². The van der Waals surface area contributed by atoms with Crippen LogP contribution in [0.5, 0.6) is 0 Å². The first-order valence-corrected chi connectivity index (χ1v) is 6.82. The third kappa shape index (κ3) is 4.00. The van der Waals surface area contributed by atoms with Crippen molar-refractivity contribution in [2.24, 2.45) is 0 Å². The molecule has 0 bridgehead atoms. The molecule has 0 spiro atoms. The smallest absolute Gasteiger partial charge is 0.130 e. The highest BCUT2D eigenvalue weighted by molar-refractivity contribution is 9.10. The second-order valence-electron chi connectivity index (χ2n) is 4.08. The van der Waals surface area contributed by atoms with Gasteiger partial charge in [0.05, 0.1) is 0 Å². The largest absolute Gasteiger partial charge is 0.308 e. The van der Waals surface area contributed by atoms with Gasteiger partial charge in [-0.25, -0.2) is 8.78 Å². The quantitative estimate of drug-likeness (QED) is 0.848. The molecule has 0 aliphatic carbocycles. The Balaban J connectivity index is 1.98. The molecule has 0 atom stereocenters. The van der Waals surface area contributed by atoms with E-state index in [0.29, 0.717) is 23.7 Å². The number of nitrogens with one attached hydrogen (secondary N) is 1. The molecule has 1 nitrogen and oxygen atoms in total. The van der Waals surface area contributed by atoms with Gasteiger partial charge >= 0.3 is 0 Å². The van der Waals surface area contributed by atoms with Crippen molar-refractivity contribution in [1.29, 1.82) is 0 Å². The summed E-state index contributed by atoms with van der Waals surface area (Å²) in [6, 6.07) is 9.10. The van der Waals surface area contributed by atoms with Crippen LogP contribution in [0.25, 0.3) is 0 Å². The minimum absolute atomic E-state index is 0.314. The van der Waals surface area contributed by atoms with Crippen molar-refractivity contribution in [2.45, 2.75) is 13.1 Å². The van der Waals surface area contributed by atoms with Gasteiger partial charge in [0.2, 0.25) is 0 Å². The van der Waals surface area contributed by atoms with Crippen molar-refractivity contribution < 1.29 is 8.78 Å². The van der Waals surface area contributed by atoms with Crippen molar-refractivity contribution in [3.05, 3.63) is 68.7 Å². The summed E-state index contributed by atoms with van der Waals surface area (Å²) in [4.78, 5) is 0. The second kappa shape index (κ2) is 6.46. The van der Waals surface area contributed by atoms with E-state index in [0.717, 1.165) is 16.1 Å². The zero-order valence-corrected chi connectivity index (χ0v) is 12.2. The lowest BCUT2D eigenvalue weighted by Gasteiger charge is -2.08. The van der Waals surface area contributed by atoms with E-state index >= 15 is 0 Å². The second-order valence-corrected chi connectivity index (χ2v) is 5.40. The summed E-state index contributed by atoms with van der Waals surface area (Å²) >= 11 is 9.41. The molecule has 0 saturated heterocycles. The Morgan fingerprint density at radius 2 is 1.74 bits per heavy atom. The summed E-state index contributed by atoms with van der Waals surface area (Å²) < 4.78 is 27.1. The monoisotopic (exact) mass is 345 g/mol. The Morgan fingerprint density at radius 3 is 2.47 bits per heavy atom. The van der Waals surface area contributed by atoms with Crippen LogP contribution < -0.4 is 5.32 Å². The molecule has 0 saturated carbocycles. The molecular formula is C14H11BrClF2N. The van der Waals surface area contributed by atoms with E-state index in [1.165, 1.54) is 12.1 Å². The molecule has 0 heterocycles. The van der Waals surface area contributed by atoms with Gasteiger partial charge in [0.1, 0.15) is 11.6 Å². The Bertz CT molecular complexity index is 590. The Hall–Kier alpha value is -0.970. The number of hydrogen-bond donors (Lipinski definition) is 1. The molecule has 5 heteroatoms. The molecule has 0 aliphatic rings. The summed E-state index contributed by atoms with van der Waals surface area (Å²) in [7, 11) is 0. The highest BCUT2D eigenvalue weighted by Gasteiger charge is 2.05. The fraction of sp³-hybridized carbons (Fsp3) is 0.143. The summed E-state index contributed by atoms with van der Waals surface area (Å²) in [6.45, 7) is 0.823. The van der Waals surface area contributed by atoms with Crippen LogP contribution in [0.1, 0.15) is 11.1 Å². The normalized spacial score (nSPS) is 10.7. The van der Waals surface area contributed by atoms with E-state index in [2.05, 4.69) is 21.2 Å². The fourth-order valence-electron chi connectivity index (χ4n) is 1.68. The van der Waals surface area contributed by atoms with Gasteiger partial charge < -0.3 is 5.32 Å². The van der Waals surface area contributed by atoms with E-state index < -0.39 is 11.6 Å². The van der Waals surface area contributed by atoms with Gasteiger partial charge in [-0.05, 0) is 29.8 Å². The van der Waals surface area contributed by atoms with Gasteiger partial charge in [0, 0.05) is 34.2 Å². The van der Waals surface area contributed by atoms with Crippen LogP contribution in [0, 0.1) is 11.6 Å². The third-order valence-corrected chi connectivity index (χ3v) is 3.52. The summed E-state index contributed by atoms with van der Waals surface area (Å²) in [5, 5.41) is 3.73. The maximum Gasteiger partial charge on any atom is 0.130 e. The standard InChI is InChI=1S/C14H11BrClF2N/c15-11-2-4-13(16)10(5-11)8-19-7-9-1-3-12(17)6-14(9)18/h1-6,19H,7-8H2. The lowest BCUT2D eigenvalue weighted by molar-refractivity contribution is 0.560. The molecule has 2 rings (SSSR count). The van der Waals surface area contributed by atoms with E-state index in [9.17, 15) is 8.78 Å². The number of benzene rings is 2. The Labute approximate surface area is 123 Å². The van der Waals surface area contributed by atoms with Crippen molar-refractivity contribution in [3.63, 3.8) is 0 Å². The van der Waals surface area contributed by atoms with E-state index in [1.54, 1.807) is 6.07 Å². The molecule has 1 N–H and O–H groups in total. The molecule has 0 radical (unpaired) electrons. The van der Waals surface area contributed by atoms with E-state index in [-0.39, 0.29) is 0 Å². The lowest BCUT2D eigenvalue weighted by Crippen LogP contribution is -2.14. The maximum atomic E-state index is 13.4. The predicted octanol–water partition coefficient (Wildman–Crippen LogP) is 4.67. The minimum Gasteiger partial charge on any atom is -0.308 e. The van der Waals surface area contributed by atoms with Crippen LogP contribution in [0.4, 0.5) is 8.78 Å². The Morgan fingerprint density at radius 1 is 1.00 bits per heavy atom. The maximum absolute atomic E-state index is 13.4. The van der Waals surface area contributed by atoms with E-state index in [4.69, 9.17) is 11.6 Å².